The molecule has 1 saturated heterocycles. The van der Waals surface area contributed by atoms with E-state index in [1.54, 1.807) is 38.0 Å². The molecule has 1 aromatic carbocycles. The van der Waals surface area contributed by atoms with Crippen LogP contribution in [0.5, 0.6) is 5.75 Å². The highest BCUT2D eigenvalue weighted by Gasteiger charge is 2.29. The summed E-state index contributed by atoms with van der Waals surface area (Å²) in [4.78, 5) is 17.2. The summed E-state index contributed by atoms with van der Waals surface area (Å²) < 4.78 is 38.3. The number of ether oxygens (including phenoxy) is 2. The number of hydrogen-bond acceptors (Lipinski definition) is 6. The summed E-state index contributed by atoms with van der Waals surface area (Å²) >= 11 is 0. The normalized spacial score (nSPS) is 21.1. The van der Waals surface area contributed by atoms with E-state index in [1.165, 1.54) is 63.1 Å². The first-order valence-electron chi connectivity index (χ1n) is 12.8. The van der Waals surface area contributed by atoms with Crippen molar-refractivity contribution < 1.29 is 22.7 Å². The highest BCUT2D eigenvalue weighted by atomic mass is 32.2. The maximum atomic E-state index is 13.1. The minimum Gasteiger partial charge on any atom is -0.497 e. The fourth-order valence-electron chi connectivity index (χ4n) is 5.50. The van der Waals surface area contributed by atoms with E-state index in [0.29, 0.717) is 22.8 Å². The molecule has 0 N–H and O–H groups in total. The molecule has 0 spiro atoms. The Labute approximate surface area is 211 Å². The molecule has 1 saturated carbocycles. The average molecular weight is 510 g/mol. The van der Waals surface area contributed by atoms with Crippen molar-refractivity contribution in [3.63, 3.8) is 0 Å². The largest absolute Gasteiger partial charge is 0.497 e. The van der Waals surface area contributed by atoms with Crippen molar-refractivity contribution in [1.82, 2.24) is 14.1 Å². The van der Waals surface area contributed by atoms with Crippen LogP contribution in [0.2, 0.25) is 0 Å². The molecule has 198 valence electrons. The number of nitrogens with zero attached hydrogens (tertiary/aromatic N) is 3. The number of sulfonamides is 1. The van der Waals surface area contributed by atoms with E-state index in [2.05, 4.69) is 4.90 Å². The molecule has 8 nitrogen and oxygen atoms in total. The second kappa shape index (κ2) is 12.5. The summed E-state index contributed by atoms with van der Waals surface area (Å²) in [7, 11) is 1.26. The second-order valence-corrected chi connectivity index (χ2v) is 12.3. The van der Waals surface area contributed by atoms with Gasteiger partial charge in [-0.15, -0.1) is 0 Å². The summed E-state index contributed by atoms with van der Waals surface area (Å²) in [5.74, 6) is 1.89. The number of hydrogen-bond donors (Lipinski definition) is 0. The highest BCUT2D eigenvalue weighted by Crippen LogP contribution is 2.32. The molecule has 2 unspecified atom stereocenters. The van der Waals surface area contributed by atoms with Gasteiger partial charge in [-0.05, 0) is 94.1 Å². The topological polar surface area (TPSA) is 79.4 Å². The van der Waals surface area contributed by atoms with Crippen molar-refractivity contribution in [2.75, 3.05) is 67.1 Å². The number of carbonyl (C=O) groups is 1. The molecule has 0 aromatic heterocycles. The Bertz CT molecular complexity index is 939. The quantitative estimate of drug-likeness (QED) is 0.403. The summed E-state index contributed by atoms with van der Waals surface area (Å²) in [5.41, 5.74) is 1.28. The molecule has 2 aliphatic rings. The van der Waals surface area contributed by atoms with Crippen LogP contribution in [0.15, 0.2) is 17.0 Å². The van der Waals surface area contributed by atoms with E-state index < -0.39 is 10.0 Å². The van der Waals surface area contributed by atoms with E-state index in [1.807, 2.05) is 7.05 Å². The maximum Gasteiger partial charge on any atom is 0.248 e. The van der Waals surface area contributed by atoms with Gasteiger partial charge in [0.2, 0.25) is 15.9 Å². The van der Waals surface area contributed by atoms with Gasteiger partial charge in [0.25, 0.3) is 0 Å². The third-order valence-corrected chi connectivity index (χ3v) is 9.60. The van der Waals surface area contributed by atoms with Gasteiger partial charge in [0.1, 0.15) is 12.4 Å². The summed E-state index contributed by atoms with van der Waals surface area (Å²) in [5, 5.41) is 0. The molecule has 35 heavy (non-hydrogen) atoms. The zero-order valence-corrected chi connectivity index (χ0v) is 22.9. The van der Waals surface area contributed by atoms with Crippen LogP contribution in [0.25, 0.3) is 0 Å². The number of amides is 1. The number of benzene rings is 1. The lowest BCUT2D eigenvalue weighted by Gasteiger charge is -2.23. The van der Waals surface area contributed by atoms with Crippen LogP contribution in [0.4, 0.5) is 0 Å². The predicted molar refractivity (Wildman–Crippen MR) is 137 cm³/mol. The third-order valence-electron chi connectivity index (χ3n) is 7.44. The van der Waals surface area contributed by atoms with Crippen molar-refractivity contribution in [2.45, 2.75) is 50.8 Å². The lowest BCUT2D eigenvalue weighted by Crippen LogP contribution is -2.35. The zero-order chi connectivity index (χ0) is 25.6. The smallest absolute Gasteiger partial charge is 0.248 e. The molecule has 1 aromatic rings. The number of aryl methyl sites for hydroxylation is 2. The third kappa shape index (κ3) is 7.41. The first-order chi connectivity index (χ1) is 16.6. The second-order valence-electron chi connectivity index (χ2n) is 10.3. The minimum absolute atomic E-state index is 0.0328. The van der Waals surface area contributed by atoms with Crippen molar-refractivity contribution in [2.24, 2.45) is 11.8 Å². The molecular formula is C26H43N3O5S. The Morgan fingerprint density at radius 3 is 2.34 bits per heavy atom. The summed E-state index contributed by atoms with van der Waals surface area (Å²) in [6, 6.07) is 3.44. The molecular weight excluding hydrogens is 466 g/mol. The molecule has 1 aliphatic carbocycles. The van der Waals surface area contributed by atoms with Crippen LogP contribution in [-0.4, -0.2) is 95.6 Å². The van der Waals surface area contributed by atoms with E-state index in [9.17, 15) is 13.2 Å². The van der Waals surface area contributed by atoms with Crippen LogP contribution in [-0.2, 0) is 19.6 Å². The fourth-order valence-corrected chi connectivity index (χ4v) is 7.06. The number of likely N-dealkylation sites (tertiary alicyclic amines) is 1. The Hall–Kier alpha value is -1.68. The van der Waals surface area contributed by atoms with Gasteiger partial charge in [-0.2, -0.15) is 4.31 Å². The first-order valence-corrected chi connectivity index (χ1v) is 14.2. The molecule has 3 rings (SSSR count). The number of likely N-dealkylation sites (N-methyl/N-ethyl adjacent to an activating group) is 2. The van der Waals surface area contributed by atoms with Gasteiger partial charge in [-0.1, -0.05) is 0 Å². The van der Waals surface area contributed by atoms with E-state index in [4.69, 9.17) is 9.47 Å². The van der Waals surface area contributed by atoms with Crippen LogP contribution < -0.4 is 4.74 Å². The number of methoxy groups -OCH3 is 1. The van der Waals surface area contributed by atoms with Gasteiger partial charge in [-0.3, -0.25) is 4.79 Å². The lowest BCUT2D eigenvalue weighted by atomic mass is 10.0. The molecule has 1 aliphatic heterocycles. The van der Waals surface area contributed by atoms with E-state index in [0.717, 1.165) is 12.5 Å². The Balaban J connectivity index is 1.39. The molecule has 2 atom stereocenters. The number of rotatable bonds is 12. The van der Waals surface area contributed by atoms with Gasteiger partial charge < -0.3 is 19.3 Å². The van der Waals surface area contributed by atoms with Crippen LogP contribution in [0.1, 0.15) is 43.2 Å². The Kier molecular flexibility index (Phi) is 9.98. The van der Waals surface area contributed by atoms with Crippen molar-refractivity contribution >= 4 is 15.9 Å². The van der Waals surface area contributed by atoms with Crippen LogP contribution in [0.3, 0.4) is 0 Å². The lowest BCUT2D eigenvalue weighted by molar-refractivity contribution is -0.135. The Morgan fingerprint density at radius 1 is 1.09 bits per heavy atom. The van der Waals surface area contributed by atoms with Gasteiger partial charge in [-0.25, -0.2) is 8.42 Å². The van der Waals surface area contributed by atoms with Crippen molar-refractivity contribution in [1.29, 1.82) is 0 Å². The first kappa shape index (κ1) is 27.9. The zero-order valence-electron chi connectivity index (χ0n) is 22.1. The predicted octanol–water partition coefficient (Wildman–Crippen LogP) is 2.92. The van der Waals surface area contributed by atoms with Crippen molar-refractivity contribution in [3.8, 4) is 5.75 Å². The van der Waals surface area contributed by atoms with E-state index >= 15 is 0 Å². The molecule has 1 amide bonds. The maximum absolute atomic E-state index is 13.1. The molecule has 9 heteroatoms. The summed E-state index contributed by atoms with van der Waals surface area (Å²) in [6.45, 7) is 8.29. The molecule has 0 radical (unpaired) electrons. The fraction of sp³-hybridized carbons (Fsp3) is 0.731. The standard InChI is InChI=1S/C26H43N3O5S/c1-20-14-24(33-5)15-21(2)26(20)35(31,32)28(4)12-13-34-19-25(30)27(3)17-22-8-9-23(16-22)18-29-10-6-7-11-29/h14-15,22-23H,6-13,16-19H2,1-5H3. The van der Waals surface area contributed by atoms with Gasteiger partial charge >= 0.3 is 0 Å². The minimum atomic E-state index is -3.67. The molecule has 1 heterocycles. The molecule has 2 fully saturated rings. The average Bonchev–Trinajstić information content (AvgIpc) is 3.47. The van der Waals surface area contributed by atoms with Crippen molar-refractivity contribution in [3.05, 3.63) is 23.3 Å². The molecule has 0 bridgehead atoms. The summed E-state index contributed by atoms with van der Waals surface area (Å²) in [6.07, 6.45) is 6.30. The van der Waals surface area contributed by atoms with Crippen LogP contribution >= 0.6 is 0 Å². The van der Waals surface area contributed by atoms with Gasteiger partial charge in [0, 0.05) is 33.7 Å². The number of carbonyl (C=O) groups excluding carboxylic acids is 1. The van der Waals surface area contributed by atoms with Gasteiger partial charge in [0.05, 0.1) is 18.6 Å². The monoisotopic (exact) mass is 509 g/mol. The van der Waals surface area contributed by atoms with Gasteiger partial charge in [0.15, 0.2) is 0 Å². The Morgan fingerprint density at radius 2 is 1.71 bits per heavy atom. The SMILES string of the molecule is COc1cc(C)c(S(=O)(=O)N(C)CCOCC(=O)N(C)CC2CCC(CN3CCCC3)C2)c(C)c1. The van der Waals surface area contributed by atoms with E-state index in [-0.39, 0.29) is 30.6 Å². The van der Waals surface area contributed by atoms with Crippen LogP contribution in [0, 0.1) is 25.7 Å². The highest BCUT2D eigenvalue weighted by molar-refractivity contribution is 7.89.